The first-order valence-electron chi connectivity index (χ1n) is 8.32. The zero-order chi connectivity index (χ0) is 18.3. The molecule has 130 valence electrons. The van der Waals surface area contributed by atoms with Crippen LogP contribution in [-0.4, -0.2) is 5.91 Å². The minimum atomic E-state index is -0.436. The molecule has 2 aromatic heterocycles. The van der Waals surface area contributed by atoms with Crippen LogP contribution in [0.5, 0.6) is 0 Å². The summed E-state index contributed by atoms with van der Waals surface area (Å²) in [5, 5.41) is 4.50. The van der Waals surface area contributed by atoms with Gasteiger partial charge in [0.25, 0.3) is 5.91 Å². The molecule has 26 heavy (non-hydrogen) atoms. The van der Waals surface area contributed by atoms with Crippen molar-refractivity contribution in [1.82, 2.24) is 5.32 Å². The SMILES string of the molecule is Cc1cc2oc(=O)cc(CNC(=O)c3cc4ccccc4o3)c2cc1C. The number of nitrogens with one attached hydrogen (secondary N) is 1. The van der Waals surface area contributed by atoms with Crippen molar-refractivity contribution in [2.75, 3.05) is 0 Å². The summed E-state index contributed by atoms with van der Waals surface area (Å²) in [5.74, 6) is -0.0862. The molecule has 4 aromatic rings. The number of rotatable bonds is 3. The predicted molar refractivity (Wildman–Crippen MR) is 99.3 cm³/mol. The first kappa shape index (κ1) is 16.1. The summed E-state index contributed by atoms with van der Waals surface area (Å²) in [6, 6.07) is 14.4. The van der Waals surface area contributed by atoms with E-state index in [0.29, 0.717) is 16.7 Å². The van der Waals surface area contributed by atoms with Crippen molar-refractivity contribution >= 4 is 27.8 Å². The minimum absolute atomic E-state index is 0.209. The fourth-order valence-electron chi connectivity index (χ4n) is 2.99. The van der Waals surface area contributed by atoms with E-state index in [-0.39, 0.29) is 18.2 Å². The van der Waals surface area contributed by atoms with Crippen molar-refractivity contribution in [3.8, 4) is 0 Å². The Hall–Kier alpha value is -3.34. The van der Waals surface area contributed by atoms with Gasteiger partial charge in [-0.25, -0.2) is 4.79 Å². The first-order valence-corrected chi connectivity index (χ1v) is 8.32. The highest BCUT2D eigenvalue weighted by molar-refractivity contribution is 5.96. The van der Waals surface area contributed by atoms with Crippen molar-refractivity contribution in [2.24, 2.45) is 0 Å². The summed E-state index contributed by atoms with van der Waals surface area (Å²) >= 11 is 0. The summed E-state index contributed by atoms with van der Waals surface area (Å²) in [4.78, 5) is 24.3. The molecule has 5 nitrogen and oxygen atoms in total. The highest BCUT2D eigenvalue weighted by Crippen LogP contribution is 2.22. The summed E-state index contributed by atoms with van der Waals surface area (Å²) in [6.45, 7) is 4.17. The van der Waals surface area contributed by atoms with Crippen LogP contribution in [-0.2, 0) is 6.54 Å². The fourth-order valence-corrected chi connectivity index (χ4v) is 2.99. The maximum atomic E-state index is 12.4. The van der Waals surface area contributed by atoms with Gasteiger partial charge in [-0.15, -0.1) is 0 Å². The van der Waals surface area contributed by atoms with Crippen LogP contribution in [0, 0.1) is 13.8 Å². The molecule has 5 heteroatoms. The number of hydrogen-bond acceptors (Lipinski definition) is 4. The number of furan rings is 1. The number of benzene rings is 2. The average molecular weight is 347 g/mol. The molecular formula is C21H17NO4. The third-order valence-corrected chi connectivity index (χ3v) is 4.53. The van der Waals surface area contributed by atoms with Crippen LogP contribution in [0.4, 0.5) is 0 Å². The number of carbonyl (C=O) groups is 1. The van der Waals surface area contributed by atoms with Gasteiger partial charge < -0.3 is 14.2 Å². The molecule has 2 heterocycles. The van der Waals surface area contributed by atoms with E-state index in [1.807, 2.05) is 50.2 Å². The summed E-state index contributed by atoms with van der Waals surface area (Å²) < 4.78 is 10.9. The van der Waals surface area contributed by atoms with Crippen LogP contribution in [0.3, 0.4) is 0 Å². The van der Waals surface area contributed by atoms with Gasteiger partial charge >= 0.3 is 5.63 Å². The van der Waals surface area contributed by atoms with Crippen molar-refractivity contribution < 1.29 is 13.6 Å². The molecule has 0 fully saturated rings. The van der Waals surface area contributed by atoms with Crippen LogP contribution in [0.15, 0.2) is 62.2 Å². The molecule has 2 aromatic carbocycles. The molecule has 0 radical (unpaired) electrons. The molecule has 0 unspecified atom stereocenters. The smallest absolute Gasteiger partial charge is 0.336 e. The van der Waals surface area contributed by atoms with E-state index < -0.39 is 5.63 Å². The van der Waals surface area contributed by atoms with E-state index in [2.05, 4.69) is 5.32 Å². The molecule has 4 rings (SSSR count). The van der Waals surface area contributed by atoms with E-state index in [0.717, 1.165) is 21.9 Å². The van der Waals surface area contributed by atoms with E-state index in [1.165, 1.54) is 6.07 Å². The Labute approximate surface area is 149 Å². The number of fused-ring (bicyclic) bond motifs is 2. The minimum Gasteiger partial charge on any atom is -0.451 e. The Balaban J connectivity index is 1.64. The van der Waals surface area contributed by atoms with E-state index in [1.54, 1.807) is 6.07 Å². The second-order valence-electron chi connectivity index (χ2n) is 6.35. The molecule has 1 N–H and O–H groups in total. The topological polar surface area (TPSA) is 72.5 Å². The van der Waals surface area contributed by atoms with Crippen molar-refractivity contribution in [3.05, 3.63) is 81.4 Å². The highest BCUT2D eigenvalue weighted by Gasteiger charge is 2.13. The van der Waals surface area contributed by atoms with E-state index in [9.17, 15) is 9.59 Å². The van der Waals surface area contributed by atoms with Crippen LogP contribution in [0.2, 0.25) is 0 Å². The Morgan fingerprint density at radius 3 is 2.54 bits per heavy atom. The summed E-state index contributed by atoms with van der Waals surface area (Å²) in [5.41, 5.74) is 3.60. The number of hydrogen-bond donors (Lipinski definition) is 1. The number of aryl methyl sites for hydroxylation is 2. The number of para-hydroxylation sites is 1. The zero-order valence-electron chi connectivity index (χ0n) is 14.5. The maximum Gasteiger partial charge on any atom is 0.336 e. The molecule has 0 aliphatic rings. The molecule has 0 aliphatic heterocycles. The molecule has 0 saturated heterocycles. The zero-order valence-corrected chi connectivity index (χ0v) is 14.5. The van der Waals surface area contributed by atoms with Crippen LogP contribution in [0.25, 0.3) is 21.9 Å². The molecule has 0 saturated carbocycles. The van der Waals surface area contributed by atoms with Crippen molar-refractivity contribution in [1.29, 1.82) is 0 Å². The van der Waals surface area contributed by atoms with Crippen molar-refractivity contribution in [3.63, 3.8) is 0 Å². The number of amides is 1. The lowest BCUT2D eigenvalue weighted by Gasteiger charge is -2.09. The van der Waals surface area contributed by atoms with Gasteiger partial charge in [-0.05, 0) is 54.8 Å². The Morgan fingerprint density at radius 2 is 1.73 bits per heavy atom. The molecular weight excluding hydrogens is 330 g/mol. The van der Waals surface area contributed by atoms with E-state index in [4.69, 9.17) is 8.83 Å². The second kappa shape index (κ2) is 6.19. The van der Waals surface area contributed by atoms with Gasteiger partial charge in [-0.3, -0.25) is 4.79 Å². The third-order valence-electron chi connectivity index (χ3n) is 4.53. The van der Waals surface area contributed by atoms with Gasteiger partial charge in [0.2, 0.25) is 0 Å². The standard InChI is InChI=1S/C21H17NO4/c1-12-7-16-15(10-20(23)26-18(16)8-13(12)2)11-22-21(24)19-9-14-5-3-4-6-17(14)25-19/h3-10H,11H2,1-2H3,(H,22,24). The van der Waals surface area contributed by atoms with Crippen molar-refractivity contribution in [2.45, 2.75) is 20.4 Å². The normalized spacial score (nSPS) is 11.2. The molecule has 0 atom stereocenters. The molecule has 1 amide bonds. The van der Waals surface area contributed by atoms with Crippen LogP contribution in [0.1, 0.15) is 27.2 Å². The lowest BCUT2D eigenvalue weighted by molar-refractivity contribution is 0.0925. The molecule has 0 aliphatic carbocycles. The Morgan fingerprint density at radius 1 is 0.962 bits per heavy atom. The lowest BCUT2D eigenvalue weighted by atomic mass is 10.0. The summed E-state index contributed by atoms with van der Waals surface area (Å²) in [7, 11) is 0. The van der Waals surface area contributed by atoms with Gasteiger partial charge in [0.1, 0.15) is 11.2 Å². The Kier molecular flexibility index (Phi) is 3.84. The second-order valence-corrected chi connectivity index (χ2v) is 6.35. The quantitative estimate of drug-likeness (QED) is 0.567. The maximum absolute atomic E-state index is 12.4. The fraction of sp³-hybridized carbons (Fsp3) is 0.143. The van der Waals surface area contributed by atoms with Crippen LogP contribution >= 0.6 is 0 Å². The third kappa shape index (κ3) is 2.88. The molecule has 0 bridgehead atoms. The van der Waals surface area contributed by atoms with Gasteiger partial charge in [-0.2, -0.15) is 0 Å². The number of carbonyl (C=O) groups excluding carboxylic acids is 1. The van der Waals surface area contributed by atoms with Gasteiger partial charge in [0.15, 0.2) is 5.76 Å². The van der Waals surface area contributed by atoms with Gasteiger partial charge in [0.05, 0.1) is 0 Å². The van der Waals surface area contributed by atoms with E-state index >= 15 is 0 Å². The monoisotopic (exact) mass is 347 g/mol. The summed E-state index contributed by atoms with van der Waals surface area (Å²) in [6.07, 6.45) is 0. The first-order chi connectivity index (χ1) is 12.5. The lowest BCUT2D eigenvalue weighted by Crippen LogP contribution is -2.23. The van der Waals surface area contributed by atoms with Crippen LogP contribution < -0.4 is 10.9 Å². The van der Waals surface area contributed by atoms with Gasteiger partial charge in [0, 0.05) is 23.4 Å². The average Bonchev–Trinajstić information content (AvgIpc) is 3.05. The van der Waals surface area contributed by atoms with Gasteiger partial charge in [-0.1, -0.05) is 18.2 Å². The Bertz CT molecular complexity index is 1170. The largest absolute Gasteiger partial charge is 0.451 e. The predicted octanol–water partition coefficient (Wildman–Crippen LogP) is 4.09. The molecule has 0 spiro atoms. The highest BCUT2D eigenvalue weighted by atomic mass is 16.4.